The van der Waals surface area contributed by atoms with E-state index in [0.29, 0.717) is 11.8 Å². The van der Waals surface area contributed by atoms with Crippen LogP contribution in [-0.2, 0) is 6.42 Å². The van der Waals surface area contributed by atoms with E-state index >= 15 is 0 Å². The number of hydrogen-bond donors (Lipinski definition) is 0. The molecule has 20 heavy (non-hydrogen) atoms. The molecule has 2 aromatic heterocycles. The zero-order valence-corrected chi connectivity index (χ0v) is 11.2. The number of amides is 1. The summed E-state index contributed by atoms with van der Waals surface area (Å²) >= 11 is 0. The Morgan fingerprint density at radius 1 is 1.35 bits per heavy atom. The van der Waals surface area contributed by atoms with Crippen LogP contribution in [0, 0.1) is 0 Å². The van der Waals surface area contributed by atoms with E-state index in [-0.39, 0.29) is 5.91 Å². The van der Waals surface area contributed by atoms with Gasteiger partial charge >= 0.3 is 0 Å². The number of rotatable bonds is 4. The predicted octanol–water partition coefficient (Wildman–Crippen LogP) is 2.31. The van der Waals surface area contributed by atoms with E-state index in [1.54, 1.807) is 12.4 Å². The van der Waals surface area contributed by atoms with Gasteiger partial charge in [-0.15, -0.1) is 0 Å². The maximum Gasteiger partial charge on any atom is 0.291 e. The van der Waals surface area contributed by atoms with Crippen LogP contribution in [-0.4, -0.2) is 33.4 Å². The number of likely N-dealkylation sites (tertiary alicyclic amines) is 1. The van der Waals surface area contributed by atoms with E-state index in [2.05, 4.69) is 9.97 Å². The summed E-state index contributed by atoms with van der Waals surface area (Å²) in [7, 11) is 0. The molecular formula is C15H17N3O2. The van der Waals surface area contributed by atoms with Crippen LogP contribution in [0.1, 0.15) is 35.4 Å². The van der Waals surface area contributed by atoms with Gasteiger partial charge in [0.2, 0.25) is 5.76 Å². The van der Waals surface area contributed by atoms with E-state index in [9.17, 15) is 4.79 Å². The predicted molar refractivity (Wildman–Crippen MR) is 73.1 cm³/mol. The van der Waals surface area contributed by atoms with Crippen molar-refractivity contribution < 1.29 is 9.21 Å². The monoisotopic (exact) mass is 271 g/mol. The van der Waals surface area contributed by atoms with Crippen molar-refractivity contribution >= 4 is 5.91 Å². The first kappa shape index (κ1) is 12.8. The molecule has 0 aromatic carbocycles. The van der Waals surface area contributed by atoms with Gasteiger partial charge in [-0.2, -0.15) is 0 Å². The number of oxazole rings is 1. The molecule has 1 amide bonds. The molecule has 0 aliphatic carbocycles. The number of carbonyl (C=O) groups is 1. The number of aromatic nitrogens is 2. The van der Waals surface area contributed by atoms with Crippen LogP contribution in [0.15, 0.2) is 41.5 Å². The summed E-state index contributed by atoms with van der Waals surface area (Å²) < 4.78 is 5.11. The van der Waals surface area contributed by atoms with Crippen LogP contribution in [0.5, 0.6) is 0 Å². The van der Waals surface area contributed by atoms with Crippen LogP contribution < -0.4 is 0 Å². The van der Waals surface area contributed by atoms with Crippen molar-refractivity contribution in [2.24, 2.45) is 0 Å². The molecule has 0 spiro atoms. The number of pyridine rings is 1. The van der Waals surface area contributed by atoms with Crippen LogP contribution in [0.3, 0.4) is 0 Å². The summed E-state index contributed by atoms with van der Waals surface area (Å²) in [5.41, 5.74) is 1.26. The van der Waals surface area contributed by atoms with Gasteiger partial charge in [-0.3, -0.25) is 9.78 Å². The van der Waals surface area contributed by atoms with Gasteiger partial charge in [0, 0.05) is 25.0 Å². The molecule has 2 aromatic rings. The van der Waals surface area contributed by atoms with Gasteiger partial charge in [-0.05, 0) is 43.4 Å². The number of aryl methyl sites for hydroxylation is 1. The fraction of sp³-hybridized carbons (Fsp3) is 0.400. The highest BCUT2D eigenvalue weighted by Crippen LogP contribution is 2.23. The maximum atomic E-state index is 12.3. The van der Waals surface area contributed by atoms with E-state index in [4.69, 9.17) is 4.42 Å². The summed E-state index contributed by atoms with van der Waals surface area (Å²) in [6.45, 7) is 0.806. The molecule has 1 aliphatic heterocycles. The van der Waals surface area contributed by atoms with Crippen molar-refractivity contribution in [1.82, 2.24) is 14.9 Å². The zero-order chi connectivity index (χ0) is 13.8. The molecule has 0 N–H and O–H groups in total. The molecule has 5 heteroatoms. The minimum absolute atomic E-state index is 0.0419. The van der Waals surface area contributed by atoms with Gasteiger partial charge in [-0.25, -0.2) is 4.98 Å². The Balaban J connectivity index is 1.63. The number of hydrogen-bond acceptors (Lipinski definition) is 4. The van der Waals surface area contributed by atoms with Gasteiger partial charge in [-0.1, -0.05) is 0 Å². The third-order valence-corrected chi connectivity index (χ3v) is 3.80. The zero-order valence-electron chi connectivity index (χ0n) is 11.2. The third kappa shape index (κ3) is 2.71. The molecule has 1 saturated heterocycles. The molecule has 0 bridgehead atoms. The molecule has 104 valence electrons. The Labute approximate surface area is 117 Å². The average molecular weight is 271 g/mol. The molecule has 1 fully saturated rings. The highest BCUT2D eigenvalue weighted by Gasteiger charge is 2.30. The normalized spacial score (nSPS) is 18.4. The van der Waals surface area contributed by atoms with Gasteiger partial charge in [0.05, 0.1) is 6.20 Å². The Morgan fingerprint density at radius 3 is 2.95 bits per heavy atom. The molecule has 0 radical (unpaired) electrons. The fourth-order valence-electron chi connectivity index (χ4n) is 2.75. The Morgan fingerprint density at radius 2 is 2.20 bits per heavy atom. The van der Waals surface area contributed by atoms with Crippen molar-refractivity contribution in [3.05, 3.63) is 48.4 Å². The highest BCUT2D eigenvalue weighted by atomic mass is 16.3. The first-order valence-corrected chi connectivity index (χ1v) is 6.93. The standard InChI is InChI=1S/C15H17N3O2/c19-15(14-10-17-11-20-14)18-9-1-2-13(18)4-3-12-5-7-16-8-6-12/h5-8,10-11,13H,1-4,9H2/t13-/m0/s1. The molecule has 3 heterocycles. The SMILES string of the molecule is O=C(c1cnco1)N1CCC[C@H]1CCc1ccncc1. The number of carbonyl (C=O) groups excluding carboxylic acids is 1. The highest BCUT2D eigenvalue weighted by molar-refractivity contribution is 5.91. The quantitative estimate of drug-likeness (QED) is 0.856. The topological polar surface area (TPSA) is 59.2 Å². The Bertz CT molecular complexity index is 554. The molecule has 3 rings (SSSR count). The molecule has 0 saturated carbocycles. The summed E-state index contributed by atoms with van der Waals surface area (Å²) in [6.07, 6.45) is 10.5. The van der Waals surface area contributed by atoms with Crippen molar-refractivity contribution in [2.75, 3.05) is 6.54 Å². The molecule has 1 atom stereocenters. The van der Waals surface area contributed by atoms with Gasteiger partial charge < -0.3 is 9.32 Å². The van der Waals surface area contributed by atoms with E-state index in [1.807, 2.05) is 17.0 Å². The molecular weight excluding hydrogens is 254 g/mol. The maximum absolute atomic E-state index is 12.3. The lowest BCUT2D eigenvalue weighted by molar-refractivity contribution is 0.0698. The Kier molecular flexibility index (Phi) is 3.76. The van der Waals surface area contributed by atoms with E-state index in [0.717, 1.165) is 32.2 Å². The van der Waals surface area contributed by atoms with Crippen LogP contribution in [0.25, 0.3) is 0 Å². The molecule has 1 aliphatic rings. The third-order valence-electron chi connectivity index (χ3n) is 3.80. The summed E-state index contributed by atoms with van der Waals surface area (Å²) in [5, 5.41) is 0. The van der Waals surface area contributed by atoms with Crippen molar-refractivity contribution in [2.45, 2.75) is 31.7 Å². The second-order valence-electron chi connectivity index (χ2n) is 5.05. The summed E-state index contributed by atoms with van der Waals surface area (Å²) in [5.74, 6) is 0.292. The lowest BCUT2D eigenvalue weighted by Crippen LogP contribution is -2.35. The second kappa shape index (κ2) is 5.86. The lowest BCUT2D eigenvalue weighted by atomic mass is 10.0. The smallest absolute Gasteiger partial charge is 0.291 e. The molecule has 5 nitrogen and oxygen atoms in total. The van der Waals surface area contributed by atoms with E-state index in [1.165, 1.54) is 18.2 Å². The van der Waals surface area contributed by atoms with Gasteiger partial charge in [0.1, 0.15) is 0 Å². The lowest BCUT2D eigenvalue weighted by Gasteiger charge is -2.23. The van der Waals surface area contributed by atoms with Crippen molar-refractivity contribution in [3.63, 3.8) is 0 Å². The average Bonchev–Trinajstić information content (AvgIpc) is 3.17. The summed E-state index contributed by atoms with van der Waals surface area (Å²) in [4.78, 5) is 22.1. The van der Waals surface area contributed by atoms with Crippen molar-refractivity contribution in [1.29, 1.82) is 0 Å². The van der Waals surface area contributed by atoms with Gasteiger partial charge in [0.15, 0.2) is 6.39 Å². The van der Waals surface area contributed by atoms with E-state index < -0.39 is 0 Å². The first-order chi connectivity index (χ1) is 9.84. The fourth-order valence-corrected chi connectivity index (χ4v) is 2.75. The minimum Gasteiger partial charge on any atom is -0.438 e. The van der Waals surface area contributed by atoms with Crippen LogP contribution in [0.2, 0.25) is 0 Å². The van der Waals surface area contributed by atoms with Crippen LogP contribution >= 0.6 is 0 Å². The number of nitrogens with zero attached hydrogens (tertiary/aromatic N) is 3. The minimum atomic E-state index is -0.0419. The first-order valence-electron chi connectivity index (χ1n) is 6.93. The van der Waals surface area contributed by atoms with Gasteiger partial charge in [0.25, 0.3) is 5.91 Å². The molecule has 0 unspecified atom stereocenters. The second-order valence-corrected chi connectivity index (χ2v) is 5.05. The Hall–Kier alpha value is -2.17. The van der Waals surface area contributed by atoms with Crippen molar-refractivity contribution in [3.8, 4) is 0 Å². The summed E-state index contributed by atoms with van der Waals surface area (Å²) in [6, 6.07) is 4.34. The van der Waals surface area contributed by atoms with Crippen LogP contribution in [0.4, 0.5) is 0 Å². The largest absolute Gasteiger partial charge is 0.438 e.